The Morgan fingerprint density at radius 1 is 1.21 bits per heavy atom. The van der Waals surface area contributed by atoms with E-state index in [4.69, 9.17) is 4.42 Å². The highest BCUT2D eigenvalue weighted by molar-refractivity contribution is 14.1. The van der Waals surface area contributed by atoms with E-state index in [1.807, 2.05) is 25.1 Å². The van der Waals surface area contributed by atoms with Crippen LogP contribution in [0.15, 0.2) is 41.1 Å². The average molecular weight is 368 g/mol. The van der Waals surface area contributed by atoms with Crippen LogP contribution in [0.1, 0.15) is 5.56 Å². The Kier molecular flexibility index (Phi) is 3.14. The van der Waals surface area contributed by atoms with Crippen molar-refractivity contribution in [2.45, 2.75) is 6.92 Å². The predicted molar refractivity (Wildman–Crippen MR) is 81.1 cm³/mol. The second kappa shape index (κ2) is 4.80. The van der Waals surface area contributed by atoms with Crippen LogP contribution in [-0.2, 0) is 0 Å². The van der Waals surface area contributed by atoms with Gasteiger partial charge in [0.15, 0.2) is 17.8 Å². The molecule has 0 saturated carbocycles. The minimum absolute atomic E-state index is 0.174. The zero-order valence-electron chi connectivity index (χ0n) is 10.1. The third-order valence-corrected chi connectivity index (χ3v) is 3.57. The number of benzene rings is 2. The zero-order chi connectivity index (χ0) is 13.4. The van der Waals surface area contributed by atoms with Gasteiger partial charge in [-0.3, -0.25) is 0 Å². The van der Waals surface area contributed by atoms with Crippen LogP contribution in [0, 0.1) is 16.3 Å². The number of nitrogens with zero attached hydrogens (tertiary/aromatic N) is 1. The van der Waals surface area contributed by atoms with E-state index >= 15 is 0 Å². The van der Waals surface area contributed by atoms with Crippen molar-refractivity contribution in [2.75, 3.05) is 5.32 Å². The van der Waals surface area contributed by atoms with E-state index in [0.717, 1.165) is 14.8 Å². The first kappa shape index (κ1) is 12.4. The average Bonchev–Trinajstić information content (AvgIpc) is 2.85. The molecule has 0 saturated heterocycles. The molecule has 3 rings (SSSR count). The number of aryl methyl sites for hydroxylation is 1. The van der Waals surface area contributed by atoms with Crippen LogP contribution in [-0.4, -0.2) is 4.98 Å². The fourth-order valence-corrected chi connectivity index (χ4v) is 2.55. The minimum atomic E-state index is -0.423. The van der Waals surface area contributed by atoms with Crippen molar-refractivity contribution in [3.63, 3.8) is 0 Å². The highest BCUT2D eigenvalue weighted by atomic mass is 127. The number of fused-ring (bicyclic) bond motifs is 1. The third kappa shape index (κ3) is 2.30. The summed E-state index contributed by atoms with van der Waals surface area (Å²) in [5.41, 5.74) is 3.01. The molecule has 1 N–H and O–H groups in total. The molecule has 96 valence electrons. The Morgan fingerprint density at radius 2 is 2.00 bits per heavy atom. The maximum absolute atomic E-state index is 14.2. The van der Waals surface area contributed by atoms with E-state index in [9.17, 15) is 4.39 Å². The van der Waals surface area contributed by atoms with E-state index in [-0.39, 0.29) is 5.58 Å². The number of halogens is 2. The molecule has 0 radical (unpaired) electrons. The van der Waals surface area contributed by atoms with Crippen molar-refractivity contribution in [3.8, 4) is 0 Å². The molecule has 0 aliphatic heterocycles. The van der Waals surface area contributed by atoms with Crippen LogP contribution in [0.25, 0.3) is 11.1 Å². The van der Waals surface area contributed by atoms with Crippen LogP contribution in [0.5, 0.6) is 0 Å². The summed E-state index contributed by atoms with van der Waals surface area (Å²) in [5, 5.41) is 3.08. The molecule has 5 heteroatoms. The summed E-state index contributed by atoms with van der Waals surface area (Å²) in [6.07, 6.45) is 1.24. The van der Waals surface area contributed by atoms with Gasteiger partial charge in [-0.15, -0.1) is 0 Å². The normalized spacial score (nSPS) is 10.9. The van der Waals surface area contributed by atoms with Crippen LogP contribution in [0.2, 0.25) is 0 Å². The standard InChI is InChI=1S/C14H10FIN2O/c1-8-6-9(16)2-3-10(8)18-11-4-5-12-14(13(11)15)19-7-17-12/h2-7,18H,1H3. The molecule has 2 aromatic carbocycles. The van der Waals surface area contributed by atoms with Gasteiger partial charge < -0.3 is 9.73 Å². The second-order valence-corrected chi connectivity index (χ2v) is 5.46. The summed E-state index contributed by atoms with van der Waals surface area (Å²) in [5.74, 6) is -0.423. The van der Waals surface area contributed by atoms with E-state index in [1.54, 1.807) is 12.1 Å². The van der Waals surface area contributed by atoms with Crippen LogP contribution in [0.4, 0.5) is 15.8 Å². The molecule has 0 aliphatic carbocycles. The summed E-state index contributed by atoms with van der Waals surface area (Å²) in [7, 11) is 0. The molecule has 3 aromatic rings. The monoisotopic (exact) mass is 368 g/mol. The van der Waals surface area contributed by atoms with Gasteiger partial charge in [-0.2, -0.15) is 0 Å². The fourth-order valence-electron chi connectivity index (χ4n) is 1.90. The lowest BCUT2D eigenvalue weighted by molar-refractivity contribution is 0.556. The van der Waals surface area contributed by atoms with Crippen molar-refractivity contribution >= 4 is 45.1 Å². The van der Waals surface area contributed by atoms with Crippen molar-refractivity contribution in [1.29, 1.82) is 0 Å². The smallest absolute Gasteiger partial charge is 0.192 e. The van der Waals surface area contributed by atoms with Gasteiger partial charge in [-0.25, -0.2) is 9.37 Å². The Morgan fingerprint density at radius 3 is 2.79 bits per heavy atom. The number of nitrogens with one attached hydrogen (secondary N) is 1. The maximum Gasteiger partial charge on any atom is 0.192 e. The Bertz CT molecular complexity index is 754. The topological polar surface area (TPSA) is 38.1 Å². The summed E-state index contributed by atoms with van der Waals surface area (Å²) < 4.78 is 20.4. The SMILES string of the molecule is Cc1cc(I)ccc1Nc1ccc2ncoc2c1F. The molecule has 19 heavy (non-hydrogen) atoms. The summed E-state index contributed by atoms with van der Waals surface area (Å²) in [6.45, 7) is 1.98. The molecule has 0 amide bonds. The van der Waals surface area contributed by atoms with E-state index in [2.05, 4.69) is 32.9 Å². The second-order valence-electron chi connectivity index (χ2n) is 4.21. The highest BCUT2D eigenvalue weighted by Crippen LogP contribution is 2.28. The van der Waals surface area contributed by atoms with Crippen molar-refractivity contribution < 1.29 is 8.81 Å². The summed E-state index contributed by atoms with van der Waals surface area (Å²) >= 11 is 2.25. The molecule has 0 atom stereocenters. The van der Waals surface area contributed by atoms with Gasteiger partial charge >= 0.3 is 0 Å². The lowest BCUT2D eigenvalue weighted by Gasteiger charge is -2.10. The number of anilines is 2. The number of hydrogen-bond donors (Lipinski definition) is 1. The largest absolute Gasteiger partial charge is 0.440 e. The molecular formula is C14H10FIN2O. The minimum Gasteiger partial charge on any atom is -0.440 e. The van der Waals surface area contributed by atoms with E-state index in [1.165, 1.54) is 6.39 Å². The third-order valence-electron chi connectivity index (χ3n) is 2.90. The van der Waals surface area contributed by atoms with Crippen molar-refractivity contribution in [3.05, 3.63) is 51.7 Å². The highest BCUT2D eigenvalue weighted by Gasteiger charge is 2.11. The number of rotatable bonds is 2. The van der Waals surface area contributed by atoms with Gasteiger partial charge in [0.2, 0.25) is 0 Å². The number of hydrogen-bond acceptors (Lipinski definition) is 3. The quantitative estimate of drug-likeness (QED) is 0.671. The van der Waals surface area contributed by atoms with Crippen LogP contribution < -0.4 is 5.32 Å². The van der Waals surface area contributed by atoms with E-state index in [0.29, 0.717) is 11.2 Å². The molecule has 3 nitrogen and oxygen atoms in total. The lowest BCUT2D eigenvalue weighted by atomic mass is 10.2. The molecule has 0 bridgehead atoms. The van der Waals surface area contributed by atoms with Gasteiger partial charge in [-0.1, -0.05) is 0 Å². The van der Waals surface area contributed by atoms with Gasteiger partial charge in [0.25, 0.3) is 0 Å². The Labute approximate surface area is 123 Å². The molecule has 0 unspecified atom stereocenters. The van der Waals surface area contributed by atoms with Gasteiger partial charge in [0.1, 0.15) is 5.52 Å². The Hall–Kier alpha value is -1.63. The Balaban J connectivity index is 2.03. The zero-order valence-corrected chi connectivity index (χ0v) is 12.2. The summed E-state index contributed by atoms with van der Waals surface area (Å²) in [4.78, 5) is 3.92. The molecule has 0 aliphatic rings. The molecular weight excluding hydrogens is 358 g/mol. The lowest BCUT2D eigenvalue weighted by Crippen LogP contribution is -1.96. The van der Waals surface area contributed by atoms with Crippen molar-refractivity contribution in [2.24, 2.45) is 0 Å². The molecule has 0 fully saturated rings. The van der Waals surface area contributed by atoms with E-state index < -0.39 is 5.82 Å². The molecule has 1 heterocycles. The fraction of sp³-hybridized carbons (Fsp3) is 0.0714. The first-order chi connectivity index (χ1) is 9.15. The van der Waals surface area contributed by atoms with Gasteiger partial charge in [0.05, 0.1) is 5.69 Å². The van der Waals surface area contributed by atoms with Crippen LogP contribution >= 0.6 is 22.6 Å². The summed E-state index contributed by atoms with van der Waals surface area (Å²) in [6, 6.07) is 9.33. The maximum atomic E-state index is 14.2. The first-order valence-electron chi connectivity index (χ1n) is 5.70. The first-order valence-corrected chi connectivity index (χ1v) is 6.78. The van der Waals surface area contributed by atoms with Crippen molar-refractivity contribution in [1.82, 2.24) is 4.98 Å². The van der Waals surface area contributed by atoms with Crippen LogP contribution in [0.3, 0.4) is 0 Å². The molecule has 0 spiro atoms. The van der Waals surface area contributed by atoms with Gasteiger partial charge in [0, 0.05) is 9.26 Å². The number of aromatic nitrogens is 1. The van der Waals surface area contributed by atoms with Gasteiger partial charge in [-0.05, 0) is 65.4 Å². The number of oxazole rings is 1. The predicted octanol–water partition coefficient (Wildman–Crippen LogP) is 4.62. The molecule has 1 aromatic heterocycles.